The molecule has 4 aromatic rings. The predicted molar refractivity (Wildman–Crippen MR) is 133 cm³/mol. The van der Waals surface area contributed by atoms with Gasteiger partial charge in [0.1, 0.15) is 0 Å². The number of sulfonamides is 1. The first kappa shape index (κ1) is 28.5. The lowest BCUT2D eigenvalue weighted by atomic mass is 9.97. The van der Waals surface area contributed by atoms with Crippen molar-refractivity contribution in [1.29, 1.82) is 0 Å². The van der Waals surface area contributed by atoms with Crippen LogP contribution in [0.5, 0.6) is 0 Å². The van der Waals surface area contributed by atoms with E-state index >= 15 is 0 Å². The molecule has 0 amide bonds. The van der Waals surface area contributed by atoms with Crippen LogP contribution >= 0.6 is 0 Å². The predicted octanol–water partition coefficient (Wildman–Crippen LogP) is 1.75. The van der Waals surface area contributed by atoms with Gasteiger partial charge in [0, 0.05) is 30.0 Å². The molecule has 0 saturated heterocycles. The minimum atomic E-state index is -3.68. The lowest BCUT2D eigenvalue weighted by Crippen LogP contribution is -2.42. The number of pyridine rings is 1. The van der Waals surface area contributed by atoms with E-state index in [1.54, 1.807) is 12.1 Å². The number of hydrogen-bond acceptors (Lipinski definition) is 5. The first-order valence-electron chi connectivity index (χ1n) is 11.6. The zero-order valence-electron chi connectivity index (χ0n) is 20.6. The van der Waals surface area contributed by atoms with Gasteiger partial charge in [-0.25, -0.2) is 13.6 Å². The summed E-state index contributed by atoms with van der Waals surface area (Å²) >= 11 is 0. The van der Waals surface area contributed by atoms with Gasteiger partial charge in [-0.15, -0.1) is 0 Å². The molecule has 0 saturated carbocycles. The Kier molecular flexibility index (Phi) is 9.93. The van der Waals surface area contributed by atoms with Crippen molar-refractivity contribution in [3.63, 3.8) is 0 Å². The monoisotopic (exact) mass is 540 g/mol. The summed E-state index contributed by atoms with van der Waals surface area (Å²) < 4.78 is 50.7. The van der Waals surface area contributed by atoms with Gasteiger partial charge >= 0.3 is 0 Å². The van der Waals surface area contributed by atoms with Crippen LogP contribution in [0, 0.1) is 10.8 Å². The topological polar surface area (TPSA) is 133 Å². The second kappa shape index (κ2) is 12.9. The Balaban J connectivity index is 0.000000886. The van der Waals surface area contributed by atoms with Crippen LogP contribution in [-0.4, -0.2) is 8.42 Å². The molecule has 1 aromatic heterocycles. The number of nitrogens with zero attached hydrogens (tertiary/aromatic N) is 1. The van der Waals surface area contributed by atoms with Gasteiger partial charge in [0.2, 0.25) is 15.7 Å². The first-order chi connectivity index (χ1) is 17.6. The van der Waals surface area contributed by atoms with E-state index in [2.05, 4.69) is 79.1 Å². The minimum Gasteiger partial charge on any atom is -0.357 e. The molecular formula is C28H29ClN2O5S. The van der Waals surface area contributed by atoms with Crippen LogP contribution in [0.4, 0.5) is 0 Å². The molecule has 9 heteroatoms. The van der Waals surface area contributed by atoms with Gasteiger partial charge in [-0.3, -0.25) is 0 Å². The number of hydrogen-bond donors (Lipinski definition) is 1. The first-order valence-corrected chi connectivity index (χ1v) is 14.1. The van der Waals surface area contributed by atoms with Gasteiger partial charge < -0.3 is 14.0 Å². The molecule has 0 atom stereocenters. The highest BCUT2D eigenvalue weighted by Gasteiger charge is 2.23. The summed E-state index contributed by atoms with van der Waals surface area (Å²) in [6, 6.07) is 32.3. The summed E-state index contributed by atoms with van der Waals surface area (Å²) in [6.45, 7) is 5.22. The molecular weight excluding hydrogens is 512 g/mol. The zero-order chi connectivity index (χ0) is 27.0. The van der Waals surface area contributed by atoms with Gasteiger partial charge in [-0.05, 0) is 41.0 Å². The number of halogens is 1. The van der Waals surface area contributed by atoms with Crippen LogP contribution in [0.15, 0.2) is 102 Å². The van der Waals surface area contributed by atoms with Gasteiger partial charge in [-0.1, -0.05) is 74.5 Å². The molecule has 0 bridgehead atoms. The molecule has 7 nitrogen and oxygen atoms in total. The van der Waals surface area contributed by atoms with Crippen LogP contribution in [0.25, 0.3) is 22.4 Å². The summed E-state index contributed by atoms with van der Waals surface area (Å²) in [7, 11) is -6.54. The van der Waals surface area contributed by atoms with Gasteiger partial charge in [0.25, 0.3) is 0 Å². The molecule has 1 heterocycles. The average molecular weight is 541 g/mol. The van der Waals surface area contributed by atoms with Crippen LogP contribution in [0.1, 0.15) is 31.0 Å². The summed E-state index contributed by atoms with van der Waals surface area (Å²) in [5, 5.41) is 5.24. The van der Waals surface area contributed by atoms with E-state index in [0.717, 1.165) is 18.5 Å². The highest BCUT2D eigenvalue weighted by atomic mass is 35.6. The lowest BCUT2D eigenvalue weighted by molar-refractivity contribution is -1.73. The quantitative estimate of drug-likeness (QED) is 0.356. The Bertz CT molecular complexity index is 1390. The van der Waals surface area contributed by atoms with Crippen molar-refractivity contribution in [3.05, 3.63) is 108 Å². The summed E-state index contributed by atoms with van der Waals surface area (Å²) in [5.74, 6) is 0.334. The van der Waals surface area contributed by atoms with E-state index in [0.29, 0.717) is 5.92 Å². The maximum atomic E-state index is 11.6. The largest absolute Gasteiger partial charge is 0.357 e. The molecule has 0 spiro atoms. The van der Waals surface area contributed by atoms with Crippen LogP contribution in [-0.2, 0) is 23.0 Å². The molecule has 3 aromatic carbocycles. The number of aromatic nitrogens is 1. The van der Waals surface area contributed by atoms with Crippen LogP contribution in [0.2, 0.25) is 0 Å². The minimum absolute atomic E-state index is 0.138. The Morgan fingerprint density at radius 3 is 1.78 bits per heavy atom. The molecule has 0 aliphatic heterocycles. The van der Waals surface area contributed by atoms with Crippen molar-refractivity contribution in [1.82, 2.24) is 0 Å². The Hall–Kier alpha value is -3.11. The molecule has 0 fully saturated rings. The maximum absolute atomic E-state index is 11.6. The molecule has 4 rings (SSSR count). The average Bonchev–Trinajstić information content (AvgIpc) is 2.87. The number of benzene rings is 3. The fourth-order valence-corrected chi connectivity index (χ4v) is 4.62. The molecule has 37 heavy (non-hydrogen) atoms. The Morgan fingerprint density at radius 1 is 0.784 bits per heavy atom. The van der Waals surface area contributed by atoms with Crippen molar-refractivity contribution >= 4 is 10.0 Å². The molecule has 0 unspecified atom stereocenters. The molecule has 194 valence electrons. The fourth-order valence-electron chi connectivity index (χ4n) is 4.10. The lowest BCUT2D eigenvalue weighted by Gasteiger charge is -2.14. The van der Waals surface area contributed by atoms with Gasteiger partial charge in [0.05, 0.1) is 15.7 Å². The van der Waals surface area contributed by atoms with E-state index in [4.69, 9.17) is 19.1 Å². The van der Waals surface area contributed by atoms with E-state index in [1.165, 1.54) is 28.1 Å². The van der Waals surface area contributed by atoms with Crippen LogP contribution < -0.4 is 23.7 Å². The molecule has 0 radical (unpaired) electrons. The third-order valence-electron chi connectivity index (χ3n) is 5.84. The third-order valence-corrected chi connectivity index (χ3v) is 6.77. The third kappa shape index (κ3) is 8.19. The number of rotatable bonds is 7. The highest BCUT2D eigenvalue weighted by Crippen LogP contribution is 2.27. The number of aryl methyl sites for hydroxylation is 1. The van der Waals surface area contributed by atoms with E-state index in [-0.39, 0.29) is 4.90 Å². The Morgan fingerprint density at radius 2 is 1.30 bits per heavy atom. The molecule has 0 aliphatic carbocycles. The van der Waals surface area contributed by atoms with E-state index in [9.17, 15) is 8.42 Å². The molecule has 0 aliphatic rings. The SMILES string of the molecule is CC(C)c1cc(-c2ccccc2)cc(-c2ccccc2)[n+]1CCc1ccc(S(N)(=O)=O)cc1.[O-][Cl+2]([O-])[O-]. The number of primary sulfonamides is 1. The van der Waals surface area contributed by atoms with E-state index < -0.39 is 20.8 Å². The summed E-state index contributed by atoms with van der Waals surface area (Å²) in [6.07, 6.45) is 0.778. The summed E-state index contributed by atoms with van der Waals surface area (Å²) in [4.78, 5) is 0.138. The van der Waals surface area contributed by atoms with Gasteiger partial charge in [0.15, 0.2) is 12.2 Å². The van der Waals surface area contributed by atoms with Crippen LogP contribution in [0.3, 0.4) is 0 Å². The standard InChI is InChI=1S/C28H29N2O2S.ClO3/c1-21(2)27-19-25(23-9-5-3-6-10-23)20-28(24-11-7-4-8-12-24)30(27)18-17-22-13-15-26(16-14-22)33(29,31)32;2-1(3)4/h3-16,19-21H,17-18H2,1-2H3,(H2,29,31,32);/q+1;-1. The second-order valence-electron chi connectivity index (χ2n) is 8.72. The molecule has 2 N–H and O–H groups in total. The Labute approximate surface area is 220 Å². The van der Waals surface area contributed by atoms with Crippen molar-refractivity contribution in [2.45, 2.75) is 37.6 Å². The van der Waals surface area contributed by atoms with Crippen molar-refractivity contribution in [2.24, 2.45) is 5.14 Å². The summed E-state index contributed by atoms with van der Waals surface area (Å²) in [5.41, 5.74) is 7.06. The highest BCUT2D eigenvalue weighted by molar-refractivity contribution is 7.89. The second-order valence-corrected chi connectivity index (χ2v) is 10.7. The maximum Gasteiger partial charge on any atom is 0.238 e. The van der Waals surface area contributed by atoms with E-state index in [1.807, 2.05) is 24.3 Å². The fraction of sp³-hybridized carbons (Fsp3) is 0.179. The van der Waals surface area contributed by atoms with Crippen molar-refractivity contribution in [2.75, 3.05) is 0 Å². The number of nitrogens with two attached hydrogens (primary N) is 1. The normalized spacial score (nSPS) is 11.4. The smallest absolute Gasteiger partial charge is 0.238 e. The van der Waals surface area contributed by atoms with Gasteiger partial charge in [-0.2, -0.15) is 4.57 Å². The van der Waals surface area contributed by atoms with Crippen molar-refractivity contribution < 1.29 is 37.7 Å². The van der Waals surface area contributed by atoms with Crippen molar-refractivity contribution in [3.8, 4) is 22.4 Å². The zero-order valence-corrected chi connectivity index (χ0v) is 22.2.